The molecule has 22 heavy (non-hydrogen) atoms. The van der Waals surface area contributed by atoms with Crippen molar-refractivity contribution in [3.05, 3.63) is 58.3 Å². The molecule has 0 fully saturated rings. The van der Waals surface area contributed by atoms with Gasteiger partial charge in [-0.05, 0) is 45.8 Å². The standard InChI is InChI=1S/C17H16BrNO3/c1-21-14-7-13(17(20)15(18)8-14)10-19-9-11-2-3-12-4-5-22-16(12)6-11/h2-8,19-20H,9-10H2,1H3. The molecule has 0 atom stereocenters. The largest absolute Gasteiger partial charge is 0.506 e. The Morgan fingerprint density at radius 2 is 2.05 bits per heavy atom. The van der Waals surface area contributed by atoms with Gasteiger partial charge in [-0.15, -0.1) is 0 Å². The van der Waals surface area contributed by atoms with Crippen molar-refractivity contribution in [2.45, 2.75) is 13.1 Å². The normalized spacial score (nSPS) is 11.0. The minimum absolute atomic E-state index is 0.231. The molecule has 0 saturated heterocycles. The fourth-order valence-electron chi connectivity index (χ4n) is 2.33. The highest BCUT2D eigenvalue weighted by atomic mass is 79.9. The smallest absolute Gasteiger partial charge is 0.134 e. The van der Waals surface area contributed by atoms with Crippen LogP contribution in [0, 0.1) is 0 Å². The molecule has 2 N–H and O–H groups in total. The molecule has 5 heteroatoms. The molecule has 4 nitrogen and oxygen atoms in total. The zero-order valence-electron chi connectivity index (χ0n) is 12.1. The number of rotatable bonds is 5. The first-order chi connectivity index (χ1) is 10.7. The topological polar surface area (TPSA) is 54.6 Å². The van der Waals surface area contributed by atoms with Crippen LogP contribution in [0.5, 0.6) is 11.5 Å². The quantitative estimate of drug-likeness (QED) is 0.714. The second-order valence-electron chi connectivity index (χ2n) is 5.01. The van der Waals surface area contributed by atoms with Gasteiger partial charge in [0.05, 0.1) is 17.8 Å². The molecule has 3 rings (SSSR count). The van der Waals surface area contributed by atoms with Crippen LogP contribution in [0.3, 0.4) is 0 Å². The van der Waals surface area contributed by atoms with Crippen molar-refractivity contribution in [2.24, 2.45) is 0 Å². The van der Waals surface area contributed by atoms with E-state index in [1.54, 1.807) is 19.4 Å². The fraction of sp³-hybridized carbons (Fsp3) is 0.176. The van der Waals surface area contributed by atoms with Gasteiger partial charge in [0.25, 0.3) is 0 Å². The Bertz CT molecular complexity index is 798. The number of ether oxygens (including phenoxy) is 1. The summed E-state index contributed by atoms with van der Waals surface area (Å²) >= 11 is 3.33. The third kappa shape index (κ3) is 3.10. The Hall–Kier alpha value is -1.98. The minimum atomic E-state index is 0.231. The van der Waals surface area contributed by atoms with E-state index in [2.05, 4.69) is 27.3 Å². The van der Waals surface area contributed by atoms with Gasteiger partial charge in [-0.2, -0.15) is 0 Å². The van der Waals surface area contributed by atoms with Crippen molar-refractivity contribution < 1.29 is 14.3 Å². The number of phenols is 1. The first-order valence-electron chi connectivity index (χ1n) is 6.89. The maximum absolute atomic E-state index is 10.1. The van der Waals surface area contributed by atoms with Gasteiger partial charge in [0.15, 0.2) is 0 Å². The monoisotopic (exact) mass is 361 g/mol. The van der Waals surface area contributed by atoms with Crippen LogP contribution in [0.2, 0.25) is 0 Å². The van der Waals surface area contributed by atoms with E-state index in [9.17, 15) is 5.11 Å². The molecule has 0 radical (unpaired) electrons. The number of furan rings is 1. The fourth-order valence-corrected chi connectivity index (χ4v) is 2.81. The Kier molecular flexibility index (Phi) is 4.36. The van der Waals surface area contributed by atoms with E-state index in [0.29, 0.717) is 23.3 Å². The molecule has 0 saturated carbocycles. The summed E-state index contributed by atoms with van der Waals surface area (Å²) in [4.78, 5) is 0. The van der Waals surface area contributed by atoms with Crippen LogP contribution in [0.1, 0.15) is 11.1 Å². The summed E-state index contributed by atoms with van der Waals surface area (Å²) in [5, 5.41) is 14.5. The van der Waals surface area contributed by atoms with Gasteiger partial charge in [0.1, 0.15) is 17.1 Å². The zero-order valence-corrected chi connectivity index (χ0v) is 13.7. The molecule has 0 unspecified atom stereocenters. The second-order valence-corrected chi connectivity index (χ2v) is 5.87. The number of hydrogen-bond donors (Lipinski definition) is 2. The summed E-state index contributed by atoms with van der Waals surface area (Å²) in [6, 6.07) is 11.6. The van der Waals surface area contributed by atoms with Gasteiger partial charge in [-0.25, -0.2) is 0 Å². The van der Waals surface area contributed by atoms with Crippen molar-refractivity contribution in [3.63, 3.8) is 0 Å². The SMILES string of the molecule is COc1cc(Br)c(O)c(CNCc2ccc3ccoc3c2)c1. The highest BCUT2D eigenvalue weighted by molar-refractivity contribution is 9.10. The molecule has 114 valence electrons. The molecule has 1 heterocycles. The van der Waals surface area contributed by atoms with Gasteiger partial charge in [-0.1, -0.05) is 12.1 Å². The first kappa shape index (κ1) is 14.9. The molecule has 0 aliphatic heterocycles. The molecule has 1 aromatic heterocycles. The predicted molar refractivity (Wildman–Crippen MR) is 89.1 cm³/mol. The number of methoxy groups -OCH3 is 1. The molecule has 2 aromatic carbocycles. The summed E-state index contributed by atoms with van der Waals surface area (Å²) in [7, 11) is 1.61. The number of nitrogens with one attached hydrogen (secondary N) is 1. The molecule has 0 spiro atoms. The van der Waals surface area contributed by atoms with Gasteiger partial charge in [0, 0.05) is 24.0 Å². The molecule has 0 amide bonds. The Morgan fingerprint density at radius 3 is 2.86 bits per heavy atom. The Morgan fingerprint density at radius 1 is 1.18 bits per heavy atom. The van der Waals surface area contributed by atoms with E-state index >= 15 is 0 Å². The molecular weight excluding hydrogens is 346 g/mol. The van der Waals surface area contributed by atoms with Gasteiger partial charge in [0.2, 0.25) is 0 Å². The summed E-state index contributed by atoms with van der Waals surface area (Å²) in [5.41, 5.74) is 2.79. The van der Waals surface area contributed by atoms with Gasteiger partial charge in [-0.3, -0.25) is 0 Å². The van der Waals surface area contributed by atoms with E-state index in [4.69, 9.17) is 9.15 Å². The van der Waals surface area contributed by atoms with Crippen LogP contribution in [-0.2, 0) is 13.1 Å². The third-order valence-corrected chi connectivity index (χ3v) is 4.12. The zero-order chi connectivity index (χ0) is 15.5. The van der Waals surface area contributed by atoms with E-state index in [0.717, 1.165) is 22.1 Å². The van der Waals surface area contributed by atoms with Gasteiger partial charge < -0.3 is 19.6 Å². The van der Waals surface area contributed by atoms with Crippen LogP contribution in [-0.4, -0.2) is 12.2 Å². The average Bonchev–Trinajstić information content (AvgIpc) is 2.98. The highest BCUT2D eigenvalue weighted by Crippen LogP contribution is 2.32. The van der Waals surface area contributed by atoms with E-state index < -0.39 is 0 Å². The van der Waals surface area contributed by atoms with Gasteiger partial charge >= 0.3 is 0 Å². The second kappa shape index (κ2) is 6.42. The van der Waals surface area contributed by atoms with Crippen molar-refractivity contribution in [2.75, 3.05) is 7.11 Å². The lowest BCUT2D eigenvalue weighted by Gasteiger charge is -2.10. The molecule has 0 bridgehead atoms. The predicted octanol–water partition coefficient (Wildman–Crippen LogP) is 4.20. The number of fused-ring (bicyclic) bond motifs is 1. The number of benzene rings is 2. The molecule has 3 aromatic rings. The van der Waals surface area contributed by atoms with Crippen LogP contribution in [0.25, 0.3) is 11.0 Å². The lowest BCUT2D eigenvalue weighted by Crippen LogP contribution is -2.12. The van der Waals surface area contributed by atoms with E-state index in [-0.39, 0.29) is 5.75 Å². The van der Waals surface area contributed by atoms with E-state index in [1.165, 1.54) is 0 Å². The van der Waals surface area contributed by atoms with Crippen LogP contribution in [0.4, 0.5) is 0 Å². The maximum Gasteiger partial charge on any atom is 0.134 e. The number of phenolic OH excluding ortho intramolecular Hbond substituents is 1. The molecule has 0 aliphatic rings. The number of hydrogen-bond acceptors (Lipinski definition) is 4. The summed E-state index contributed by atoms with van der Waals surface area (Å²) in [6.45, 7) is 1.22. The average molecular weight is 362 g/mol. The maximum atomic E-state index is 10.1. The van der Waals surface area contributed by atoms with E-state index in [1.807, 2.05) is 24.3 Å². The highest BCUT2D eigenvalue weighted by Gasteiger charge is 2.08. The summed E-state index contributed by atoms with van der Waals surface area (Å²) in [6.07, 6.45) is 1.69. The number of aromatic hydroxyl groups is 1. The van der Waals surface area contributed by atoms with Crippen molar-refractivity contribution in [3.8, 4) is 11.5 Å². The third-order valence-electron chi connectivity index (χ3n) is 3.52. The molecule has 0 aliphatic carbocycles. The van der Waals surface area contributed by atoms with Crippen molar-refractivity contribution in [1.29, 1.82) is 0 Å². The summed E-state index contributed by atoms with van der Waals surface area (Å²) in [5.74, 6) is 0.938. The van der Waals surface area contributed by atoms with Crippen molar-refractivity contribution >= 4 is 26.9 Å². The van der Waals surface area contributed by atoms with Crippen molar-refractivity contribution in [1.82, 2.24) is 5.32 Å². The first-order valence-corrected chi connectivity index (χ1v) is 7.69. The minimum Gasteiger partial charge on any atom is -0.506 e. The Balaban J connectivity index is 1.68. The Labute approximate surface area is 136 Å². The van der Waals surface area contributed by atoms with Crippen LogP contribution >= 0.6 is 15.9 Å². The lowest BCUT2D eigenvalue weighted by atomic mass is 10.1. The van der Waals surface area contributed by atoms with Crippen LogP contribution in [0.15, 0.2) is 51.6 Å². The number of halogens is 1. The lowest BCUT2D eigenvalue weighted by molar-refractivity contribution is 0.409. The molecular formula is C17H16BrNO3. The van der Waals surface area contributed by atoms with Crippen LogP contribution < -0.4 is 10.1 Å². The summed E-state index contributed by atoms with van der Waals surface area (Å²) < 4.78 is 11.2.